The first kappa shape index (κ1) is 12.7. The van der Waals surface area contributed by atoms with Gasteiger partial charge >= 0.3 is 0 Å². The number of primary amides is 1. The highest BCUT2D eigenvalue weighted by molar-refractivity contribution is 5.94. The SMILES string of the molecule is NC(=O)c1ccc(N)c(NCC2(CCO)CC2)c1. The van der Waals surface area contributed by atoms with E-state index >= 15 is 0 Å². The number of nitrogens with two attached hydrogens (primary N) is 2. The summed E-state index contributed by atoms with van der Waals surface area (Å²) < 4.78 is 0. The Hall–Kier alpha value is -1.75. The van der Waals surface area contributed by atoms with E-state index in [4.69, 9.17) is 16.6 Å². The van der Waals surface area contributed by atoms with Crippen LogP contribution >= 0.6 is 0 Å². The molecular formula is C13H19N3O2. The van der Waals surface area contributed by atoms with Crippen molar-refractivity contribution < 1.29 is 9.90 Å². The molecule has 5 heteroatoms. The fraction of sp³-hybridized carbons (Fsp3) is 0.462. The number of anilines is 2. The number of nitrogens with one attached hydrogen (secondary N) is 1. The normalized spacial score (nSPS) is 16.3. The molecule has 0 saturated heterocycles. The third-order valence-electron chi connectivity index (χ3n) is 3.59. The van der Waals surface area contributed by atoms with Crippen LogP contribution in [0.15, 0.2) is 18.2 Å². The van der Waals surface area contributed by atoms with Crippen LogP contribution < -0.4 is 16.8 Å². The number of benzene rings is 1. The van der Waals surface area contributed by atoms with Crippen LogP contribution in [0.3, 0.4) is 0 Å². The average molecular weight is 249 g/mol. The van der Waals surface area contributed by atoms with Gasteiger partial charge in [0.15, 0.2) is 0 Å². The predicted octanol–water partition coefficient (Wildman–Crippen LogP) is 0.942. The number of nitrogen functional groups attached to an aromatic ring is 1. The second kappa shape index (κ2) is 4.86. The fourth-order valence-corrected chi connectivity index (χ4v) is 2.07. The molecule has 0 aliphatic heterocycles. The van der Waals surface area contributed by atoms with Gasteiger partial charge < -0.3 is 21.9 Å². The van der Waals surface area contributed by atoms with Gasteiger partial charge in [0, 0.05) is 18.7 Å². The summed E-state index contributed by atoms with van der Waals surface area (Å²) in [4.78, 5) is 11.1. The van der Waals surface area contributed by atoms with Gasteiger partial charge in [-0.15, -0.1) is 0 Å². The number of hydrogen-bond donors (Lipinski definition) is 4. The molecule has 98 valence electrons. The molecule has 6 N–H and O–H groups in total. The van der Waals surface area contributed by atoms with Gasteiger partial charge in [0.2, 0.25) is 5.91 Å². The monoisotopic (exact) mass is 249 g/mol. The zero-order chi connectivity index (χ0) is 13.2. The second-order valence-electron chi connectivity index (χ2n) is 4.99. The summed E-state index contributed by atoms with van der Waals surface area (Å²) in [7, 11) is 0. The molecule has 0 bridgehead atoms. The number of rotatable bonds is 6. The highest BCUT2D eigenvalue weighted by Gasteiger charge is 2.41. The molecule has 1 aliphatic carbocycles. The summed E-state index contributed by atoms with van der Waals surface area (Å²) in [6.07, 6.45) is 3.04. The van der Waals surface area contributed by atoms with E-state index in [1.54, 1.807) is 18.2 Å². The van der Waals surface area contributed by atoms with Crippen molar-refractivity contribution in [3.63, 3.8) is 0 Å². The van der Waals surface area contributed by atoms with Gasteiger partial charge in [-0.25, -0.2) is 0 Å². The Balaban J connectivity index is 2.04. The Kier molecular flexibility index (Phi) is 3.43. The minimum Gasteiger partial charge on any atom is -0.397 e. The highest BCUT2D eigenvalue weighted by Crippen LogP contribution is 2.48. The van der Waals surface area contributed by atoms with Crippen molar-refractivity contribution in [3.8, 4) is 0 Å². The first-order valence-corrected chi connectivity index (χ1v) is 6.10. The van der Waals surface area contributed by atoms with Gasteiger partial charge in [-0.3, -0.25) is 4.79 Å². The standard InChI is InChI=1S/C13H19N3O2/c14-10-2-1-9(12(15)18)7-11(10)16-8-13(3-4-13)5-6-17/h1-2,7,16-17H,3-6,8,14H2,(H2,15,18). The van der Waals surface area contributed by atoms with E-state index in [0.717, 1.165) is 31.5 Å². The van der Waals surface area contributed by atoms with Gasteiger partial charge in [0.25, 0.3) is 0 Å². The van der Waals surface area contributed by atoms with Crippen LogP contribution in [0.2, 0.25) is 0 Å². The zero-order valence-corrected chi connectivity index (χ0v) is 10.3. The van der Waals surface area contributed by atoms with Crippen LogP contribution in [0.1, 0.15) is 29.6 Å². The van der Waals surface area contributed by atoms with Crippen molar-refractivity contribution in [2.24, 2.45) is 11.1 Å². The molecule has 18 heavy (non-hydrogen) atoms. The van der Waals surface area contributed by atoms with Crippen LogP contribution in [-0.4, -0.2) is 24.2 Å². The third-order valence-corrected chi connectivity index (χ3v) is 3.59. The Morgan fingerprint density at radius 3 is 2.72 bits per heavy atom. The summed E-state index contributed by atoms with van der Waals surface area (Å²) in [6, 6.07) is 4.96. The molecule has 0 unspecified atom stereocenters. The number of hydrogen-bond acceptors (Lipinski definition) is 4. The molecule has 5 nitrogen and oxygen atoms in total. The zero-order valence-electron chi connectivity index (χ0n) is 10.3. The van der Waals surface area contributed by atoms with Crippen molar-refractivity contribution in [1.82, 2.24) is 0 Å². The van der Waals surface area contributed by atoms with Crippen LogP contribution in [-0.2, 0) is 0 Å². The molecule has 1 fully saturated rings. The lowest BCUT2D eigenvalue weighted by atomic mass is 10.0. The fourth-order valence-electron chi connectivity index (χ4n) is 2.07. The highest BCUT2D eigenvalue weighted by atomic mass is 16.3. The van der Waals surface area contributed by atoms with E-state index in [0.29, 0.717) is 11.3 Å². The third kappa shape index (κ3) is 2.73. The van der Waals surface area contributed by atoms with Gasteiger partial charge in [0.1, 0.15) is 0 Å². The van der Waals surface area contributed by atoms with Gasteiger partial charge in [-0.1, -0.05) is 0 Å². The van der Waals surface area contributed by atoms with Gasteiger partial charge in [-0.2, -0.15) is 0 Å². The topological polar surface area (TPSA) is 101 Å². The summed E-state index contributed by atoms with van der Waals surface area (Å²) in [6.45, 7) is 0.971. The lowest BCUT2D eigenvalue weighted by Gasteiger charge is -2.17. The lowest BCUT2D eigenvalue weighted by molar-refractivity contribution is 0.100. The number of aliphatic hydroxyl groups excluding tert-OH is 1. The number of amides is 1. The van der Waals surface area contributed by atoms with E-state index in [2.05, 4.69) is 5.32 Å². The molecule has 0 heterocycles. The molecule has 0 spiro atoms. The molecule has 1 aromatic rings. The molecule has 1 amide bonds. The van der Waals surface area contributed by atoms with Gasteiger partial charge in [-0.05, 0) is 42.9 Å². The Morgan fingerprint density at radius 2 is 2.17 bits per heavy atom. The smallest absolute Gasteiger partial charge is 0.248 e. The molecular weight excluding hydrogens is 230 g/mol. The Labute approximate surface area is 106 Å². The van der Waals surface area contributed by atoms with E-state index in [9.17, 15) is 4.79 Å². The largest absolute Gasteiger partial charge is 0.397 e. The minimum absolute atomic E-state index is 0.198. The van der Waals surface area contributed by atoms with Crippen molar-refractivity contribution in [2.45, 2.75) is 19.3 Å². The first-order chi connectivity index (χ1) is 8.56. The molecule has 0 atom stereocenters. The first-order valence-electron chi connectivity index (χ1n) is 6.10. The molecule has 1 saturated carbocycles. The maximum Gasteiger partial charge on any atom is 0.248 e. The summed E-state index contributed by atoms with van der Waals surface area (Å²) in [5.41, 5.74) is 13.1. The lowest BCUT2D eigenvalue weighted by Crippen LogP contribution is -2.18. The Bertz CT molecular complexity index is 456. The van der Waals surface area contributed by atoms with Crippen molar-refractivity contribution >= 4 is 17.3 Å². The number of carbonyl (C=O) groups excluding carboxylic acids is 1. The predicted molar refractivity (Wildman–Crippen MR) is 71.2 cm³/mol. The molecule has 1 aromatic carbocycles. The second-order valence-corrected chi connectivity index (χ2v) is 4.99. The maximum atomic E-state index is 11.1. The number of carbonyl (C=O) groups is 1. The van der Waals surface area contributed by atoms with Crippen molar-refractivity contribution in [1.29, 1.82) is 0 Å². The quantitative estimate of drug-likeness (QED) is 0.563. The molecule has 2 rings (SSSR count). The molecule has 1 aliphatic rings. The van der Waals surface area contributed by atoms with Crippen LogP contribution in [0.5, 0.6) is 0 Å². The minimum atomic E-state index is -0.463. The van der Waals surface area contributed by atoms with Crippen LogP contribution in [0, 0.1) is 5.41 Å². The van der Waals surface area contributed by atoms with Gasteiger partial charge in [0.05, 0.1) is 11.4 Å². The summed E-state index contributed by atoms with van der Waals surface area (Å²) >= 11 is 0. The van der Waals surface area contributed by atoms with Crippen molar-refractivity contribution in [2.75, 3.05) is 24.2 Å². The van der Waals surface area contributed by atoms with E-state index < -0.39 is 5.91 Å². The summed E-state index contributed by atoms with van der Waals surface area (Å²) in [5, 5.41) is 12.2. The van der Waals surface area contributed by atoms with E-state index in [1.165, 1.54) is 0 Å². The number of aliphatic hydroxyl groups is 1. The van der Waals surface area contributed by atoms with Crippen molar-refractivity contribution in [3.05, 3.63) is 23.8 Å². The Morgan fingerprint density at radius 1 is 1.44 bits per heavy atom. The molecule has 0 aromatic heterocycles. The van der Waals surface area contributed by atoms with Crippen LogP contribution in [0.4, 0.5) is 11.4 Å². The molecule has 0 radical (unpaired) electrons. The van der Waals surface area contributed by atoms with Crippen LogP contribution in [0.25, 0.3) is 0 Å². The average Bonchev–Trinajstić information content (AvgIpc) is 3.08. The maximum absolute atomic E-state index is 11.1. The van der Waals surface area contributed by atoms with E-state index in [-0.39, 0.29) is 12.0 Å². The van der Waals surface area contributed by atoms with E-state index in [1.807, 2.05) is 0 Å². The summed E-state index contributed by atoms with van der Waals surface area (Å²) in [5.74, 6) is -0.463.